The zero-order valence-electron chi connectivity index (χ0n) is 15.7. The number of nitrogens with one attached hydrogen (secondary N) is 2. The molecule has 0 unspecified atom stereocenters. The summed E-state index contributed by atoms with van der Waals surface area (Å²) in [5.41, 5.74) is 2.74. The highest BCUT2D eigenvalue weighted by atomic mass is 35.5. The molecule has 0 fully saturated rings. The van der Waals surface area contributed by atoms with E-state index in [-0.39, 0.29) is 5.91 Å². The summed E-state index contributed by atoms with van der Waals surface area (Å²) in [6, 6.07) is 12.8. The third-order valence-electron chi connectivity index (χ3n) is 3.96. The fraction of sp³-hybridized carbons (Fsp3) is 0.150. The number of benzene rings is 2. The summed E-state index contributed by atoms with van der Waals surface area (Å²) in [5.74, 6) is 0.551. The average Bonchev–Trinajstić information content (AvgIpc) is 2.69. The molecule has 7 nitrogen and oxygen atoms in total. The van der Waals surface area contributed by atoms with Crippen molar-refractivity contribution >= 4 is 40.5 Å². The van der Waals surface area contributed by atoms with Crippen molar-refractivity contribution in [3.8, 4) is 5.75 Å². The van der Waals surface area contributed by atoms with Gasteiger partial charge in [0.05, 0.1) is 18.4 Å². The van der Waals surface area contributed by atoms with Gasteiger partial charge >= 0.3 is 0 Å². The van der Waals surface area contributed by atoms with Gasteiger partial charge in [-0.1, -0.05) is 11.6 Å². The number of methoxy groups -OCH3 is 1. The first-order valence-electron chi connectivity index (χ1n) is 8.47. The highest BCUT2D eigenvalue weighted by molar-refractivity contribution is 6.31. The number of aromatic nitrogens is 2. The normalized spacial score (nSPS) is 10.3. The minimum Gasteiger partial charge on any atom is -0.495 e. The van der Waals surface area contributed by atoms with Crippen LogP contribution in [0.5, 0.6) is 5.75 Å². The van der Waals surface area contributed by atoms with Crippen LogP contribution in [-0.2, 0) is 0 Å². The highest BCUT2D eigenvalue weighted by Crippen LogP contribution is 2.28. The summed E-state index contributed by atoms with van der Waals surface area (Å²) in [7, 11) is 5.48. The molecule has 144 valence electrons. The van der Waals surface area contributed by atoms with Gasteiger partial charge in [0.1, 0.15) is 5.75 Å². The topological polar surface area (TPSA) is 79.4 Å². The first-order valence-corrected chi connectivity index (χ1v) is 8.85. The van der Waals surface area contributed by atoms with Crippen LogP contribution in [0.15, 0.2) is 54.9 Å². The van der Waals surface area contributed by atoms with Gasteiger partial charge in [0, 0.05) is 42.9 Å². The second-order valence-electron chi connectivity index (χ2n) is 6.16. The van der Waals surface area contributed by atoms with Gasteiger partial charge in [0.2, 0.25) is 5.95 Å². The molecule has 0 saturated carbocycles. The largest absolute Gasteiger partial charge is 0.495 e. The molecule has 0 aliphatic rings. The van der Waals surface area contributed by atoms with E-state index in [4.69, 9.17) is 16.3 Å². The molecule has 28 heavy (non-hydrogen) atoms. The number of rotatable bonds is 6. The molecule has 1 amide bonds. The molecule has 1 heterocycles. The summed E-state index contributed by atoms with van der Waals surface area (Å²) in [6.45, 7) is 0. The van der Waals surface area contributed by atoms with Gasteiger partial charge in [-0.25, -0.2) is 9.97 Å². The Kier molecular flexibility index (Phi) is 5.96. The van der Waals surface area contributed by atoms with Crippen molar-refractivity contribution < 1.29 is 9.53 Å². The Labute approximate surface area is 168 Å². The number of halogens is 1. The molecular formula is C20H20ClN5O2. The smallest absolute Gasteiger partial charge is 0.258 e. The monoisotopic (exact) mass is 397 g/mol. The summed E-state index contributed by atoms with van der Waals surface area (Å²) >= 11 is 5.99. The van der Waals surface area contributed by atoms with Crippen LogP contribution < -0.4 is 20.3 Å². The number of hydrogen-bond acceptors (Lipinski definition) is 6. The van der Waals surface area contributed by atoms with Crippen LogP contribution in [0, 0.1) is 0 Å². The van der Waals surface area contributed by atoms with Crippen molar-refractivity contribution in [3.63, 3.8) is 0 Å². The molecule has 0 aliphatic carbocycles. The molecule has 0 spiro atoms. The molecule has 2 N–H and O–H groups in total. The Hall–Kier alpha value is -3.32. The second kappa shape index (κ2) is 8.58. The van der Waals surface area contributed by atoms with E-state index < -0.39 is 0 Å². The maximum absolute atomic E-state index is 12.4. The van der Waals surface area contributed by atoms with Gasteiger partial charge in [-0.05, 0) is 42.5 Å². The molecule has 3 aromatic rings. The number of hydrogen-bond donors (Lipinski definition) is 2. The van der Waals surface area contributed by atoms with E-state index >= 15 is 0 Å². The number of amides is 1. The van der Waals surface area contributed by atoms with Crippen LogP contribution in [0.1, 0.15) is 10.4 Å². The lowest BCUT2D eigenvalue weighted by Gasteiger charge is -2.13. The van der Waals surface area contributed by atoms with Gasteiger partial charge in [-0.15, -0.1) is 0 Å². The predicted octanol–water partition coefficient (Wildman–Crippen LogP) is 4.20. The van der Waals surface area contributed by atoms with Crippen LogP contribution in [0.4, 0.5) is 23.0 Å². The lowest BCUT2D eigenvalue weighted by Crippen LogP contribution is -2.13. The molecule has 1 aromatic heterocycles. The summed E-state index contributed by atoms with van der Waals surface area (Å²) in [4.78, 5) is 22.9. The quantitative estimate of drug-likeness (QED) is 0.649. The highest BCUT2D eigenvalue weighted by Gasteiger charge is 2.12. The molecule has 8 heteroatoms. The van der Waals surface area contributed by atoms with Crippen LogP contribution in [0.25, 0.3) is 0 Å². The van der Waals surface area contributed by atoms with Crippen molar-refractivity contribution in [2.75, 3.05) is 36.7 Å². The Balaban J connectivity index is 1.68. The number of nitrogens with zero attached hydrogens (tertiary/aromatic N) is 3. The predicted molar refractivity (Wildman–Crippen MR) is 112 cm³/mol. The van der Waals surface area contributed by atoms with Crippen molar-refractivity contribution in [3.05, 3.63) is 65.4 Å². The van der Waals surface area contributed by atoms with Crippen LogP contribution >= 0.6 is 11.6 Å². The standard InChI is InChI=1S/C20H20ClN5O2/c1-26(2)16-7-5-15(6-8-16)24-20-22-11-13(12-23-20)19(27)25-17-10-14(21)4-9-18(17)28-3/h4-12H,1-3H3,(H,25,27)(H,22,23,24). The second-order valence-corrected chi connectivity index (χ2v) is 6.60. The number of anilines is 4. The molecular weight excluding hydrogens is 378 g/mol. The zero-order valence-corrected chi connectivity index (χ0v) is 16.5. The van der Waals surface area contributed by atoms with E-state index in [0.29, 0.717) is 28.0 Å². The SMILES string of the molecule is COc1ccc(Cl)cc1NC(=O)c1cnc(Nc2ccc(N(C)C)cc2)nc1. The van der Waals surface area contributed by atoms with Crippen LogP contribution in [-0.4, -0.2) is 37.1 Å². The maximum Gasteiger partial charge on any atom is 0.258 e. The van der Waals surface area contributed by atoms with Gasteiger partial charge in [0.25, 0.3) is 5.91 Å². The van der Waals surface area contributed by atoms with Crippen LogP contribution in [0.3, 0.4) is 0 Å². The van der Waals surface area contributed by atoms with Crippen molar-refractivity contribution in [2.24, 2.45) is 0 Å². The van der Waals surface area contributed by atoms with Crippen molar-refractivity contribution in [1.82, 2.24) is 9.97 Å². The molecule has 0 aliphatic heterocycles. The fourth-order valence-electron chi connectivity index (χ4n) is 2.45. The van der Waals surface area contributed by atoms with E-state index in [2.05, 4.69) is 20.6 Å². The molecule has 3 rings (SSSR count). The third kappa shape index (κ3) is 4.69. The van der Waals surface area contributed by atoms with E-state index in [1.54, 1.807) is 18.2 Å². The van der Waals surface area contributed by atoms with E-state index in [1.165, 1.54) is 19.5 Å². The summed E-state index contributed by atoms with van der Waals surface area (Å²) < 4.78 is 5.23. The fourth-order valence-corrected chi connectivity index (χ4v) is 2.63. The van der Waals surface area contributed by atoms with E-state index in [9.17, 15) is 4.79 Å². The number of carbonyl (C=O) groups excluding carboxylic acids is 1. The molecule has 0 radical (unpaired) electrons. The number of carbonyl (C=O) groups is 1. The van der Waals surface area contributed by atoms with Crippen molar-refractivity contribution in [2.45, 2.75) is 0 Å². The van der Waals surface area contributed by atoms with Gasteiger partial charge in [0.15, 0.2) is 0 Å². The van der Waals surface area contributed by atoms with Gasteiger partial charge in [-0.3, -0.25) is 4.79 Å². The Morgan fingerprint density at radius 2 is 1.75 bits per heavy atom. The maximum atomic E-state index is 12.4. The van der Waals surface area contributed by atoms with Gasteiger partial charge < -0.3 is 20.3 Å². The Morgan fingerprint density at radius 1 is 1.07 bits per heavy atom. The van der Waals surface area contributed by atoms with E-state index in [0.717, 1.165) is 11.4 Å². The Bertz CT molecular complexity index is 959. The minimum absolute atomic E-state index is 0.315. The zero-order chi connectivity index (χ0) is 20.1. The first kappa shape index (κ1) is 19.4. The third-order valence-corrected chi connectivity index (χ3v) is 4.20. The first-order chi connectivity index (χ1) is 13.5. The number of ether oxygens (including phenoxy) is 1. The lowest BCUT2D eigenvalue weighted by molar-refractivity contribution is 0.102. The summed E-state index contributed by atoms with van der Waals surface area (Å²) in [5, 5.41) is 6.35. The molecule has 0 saturated heterocycles. The summed E-state index contributed by atoms with van der Waals surface area (Å²) in [6.07, 6.45) is 2.91. The van der Waals surface area contributed by atoms with Gasteiger partial charge in [-0.2, -0.15) is 0 Å². The van der Waals surface area contributed by atoms with E-state index in [1.807, 2.05) is 43.3 Å². The van der Waals surface area contributed by atoms with Crippen LogP contribution in [0.2, 0.25) is 5.02 Å². The lowest BCUT2D eigenvalue weighted by atomic mass is 10.2. The molecule has 0 bridgehead atoms. The Morgan fingerprint density at radius 3 is 2.36 bits per heavy atom. The average molecular weight is 398 g/mol. The molecule has 0 atom stereocenters. The minimum atomic E-state index is -0.359. The van der Waals surface area contributed by atoms with Crippen molar-refractivity contribution in [1.29, 1.82) is 0 Å². The molecule has 2 aromatic carbocycles.